The van der Waals surface area contributed by atoms with E-state index >= 15 is 0 Å². The number of rotatable bonds is 6. The van der Waals surface area contributed by atoms with E-state index in [4.69, 9.17) is 11.6 Å². The van der Waals surface area contributed by atoms with Gasteiger partial charge in [0.05, 0.1) is 4.90 Å². The Kier molecular flexibility index (Phi) is 4.87. The summed E-state index contributed by atoms with van der Waals surface area (Å²) in [6.07, 6.45) is 3.75. The van der Waals surface area contributed by atoms with Gasteiger partial charge in [-0.2, -0.15) is 4.31 Å². The second-order valence-corrected chi connectivity index (χ2v) is 7.32. The van der Waals surface area contributed by atoms with Gasteiger partial charge in [-0.25, -0.2) is 8.42 Å². The molecule has 0 heterocycles. The predicted octanol–water partition coefficient (Wildman–Crippen LogP) is 3.17. The fourth-order valence-electron chi connectivity index (χ4n) is 2.23. The molecule has 0 N–H and O–H groups in total. The van der Waals surface area contributed by atoms with E-state index in [0.29, 0.717) is 23.7 Å². The first kappa shape index (κ1) is 14.8. The Bertz CT molecular complexity index is 509. The van der Waals surface area contributed by atoms with E-state index in [-0.39, 0.29) is 6.04 Å². The Balaban J connectivity index is 2.24. The van der Waals surface area contributed by atoms with E-state index in [2.05, 4.69) is 0 Å². The van der Waals surface area contributed by atoms with Gasteiger partial charge in [-0.3, -0.25) is 0 Å². The van der Waals surface area contributed by atoms with Gasteiger partial charge in [-0.05, 0) is 38.3 Å². The van der Waals surface area contributed by atoms with E-state index in [1.807, 2.05) is 19.1 Å². The van der Waals surface area contributed by atoms with Crippen LogP contribution in [0, 0.1) is 6.92 Å². The minimum absolute atomic E-state index is 0.162. The molecule has 19 heavy (non-hydrogen) atoms. The van der Waals surface area contributed by atoms with Gasteiger partial charge >= 0.3 is 0 Å². The van der Waals surface area contributed by atoms with Crippen LogP contribution in [0.5, 0.6) is 0 Å². The summed E-state index contributed by atoms with van der Waals surface area (Å²) in [4.78, 5) is 0.388. The smallest absolute Gasteiger partial charge is 0.207 e. The van der Waals surface area contributed by atoms with Gasteiger partial charge in [0.2, 0.25) is 10.0 Å². The van der Waals surface area contributed by atoms with Gasteiger partial charge in [0.15, 0.2) is 0 Å². The van der Waals surface area contributed by atoms with Gasteiger partial charge in [0.25, 0.3) is 0 Å². The van der Waals surface area contributed by atoms with Crippen LogP contribution in [-0.2, 0) is 10.0 Å². The molecule has 0 bridgehead atoms. The molecule has 0 spiro atoms. The third kappa shape index (κ3) is 3.30. The lowest BCUT2D eigenvalue weighted by molar-refractivity contribution is 0.220. The van der Waals surface area contributed by atoms with Crippen molar-refractivity contribution in [1.82, 2.24) is 4.31 Å². The molecule has 1 aromatic carbocycles. The highest BCUT2D eigenvalue weighted by Gasteiger charge is 2.34. The number of alkyl halides is 1. The van der Waals surface area contributed by atoms with Crippen LogP contribution in [0.1, 0.15) is 31.2 Å². The highest BCUT2D eigenvalue weighted by molar-refractivity contribution is 7.89. The number of hydrogen-bond donors (Lipinski definition) is 0. The third-order valence-electron chi connectivity index (χ3n) is 3.62. The van der Waals surface area contributed by atoms with Crippen LogP contribution >= 0.6 is 11.6 Å². The summed E-state index contributed by atoms with van der Waals surface area (Å²) in [6.45, 7) is 2.47. The van der Waals surface area contributed by atoms with Crippen molar-refractivity contribution in [2.45, 2.75) is 43.5 Å². The van der Waals surface area contributed by atoms with Crippen LogP contribution in [0.4, 0.5) is 0 Å². The maximum Gasteiger partial charge on any atom is 0.243 e. The van der Waals surface area contributed by atoms with E-state index < -0.39 is 10.0 Å². The van der Waals surface area contributed by atoms with Crippen molar-refractivity contribution in [3.63, 3.8) is 0 Å². The predicted molar refractivity (Wildman–Crippen MR) is 78.0 cm³/mol. The fraction of sp³-hybridized carbons (Fsp3) is 0.571. The molecule has 0 unspecified atom stereocenters. The zero-order valence-corrected chi connectivity index (χ0v) is 12.8. The van der Waals surface area contributed by atoms with Crippen molar-refractivity contribution >= 4 is 21.6 Å². The summed E-state index contributed by atoms with van der Waals surface area (Å²) in [5.41, 5.74) is 1.06. The van der Waals surface area contributed by atoms with Crippen molar-refractivity contribution in [2.75, 3.05) is 12.4 Å². The van der Waals surface area contributed by atoms with Crippen LogP contribution in [0.3, 0.4) is 0 Å². The molecule has 2 rings (SSSR count). The van der Waals surface area contributed by atoms with Gasteiger partial charge < -0.3 is 0 Å². The quantitative estimate of drug-likeness (QED) is 0.757. The van der Waals surface area contributed by atoms with E-state index in [9.17, 15) is 8.42 Å². The topological polar surface area (TPSA) is 37.4 Å². The maximum absolute atomic E-state index is 12.7. The first-order valence-corrected chi connectivity index (χ1v) is 8.67. The van der Waals surface area contributed by atoms with Crippen LogP contribution in [0.25, 0.3) is 0 Å². The minimum Gasteiger partial charge on any atom is -0.207 e. The SMILES string of the molecule is Cc1ccc(S(=O)(=O)N(CCCCl)C2CCC2)cc1. The highest BCUT2D eigenvalue weighted by atomic mass is 35.5. The Labute approximate surface area is 120 Å². The molecule has 0 aromatic heterocycles. The zero-order valence-electron chi connectivity index (χ0n) is 11.2. The lowest BCUT2D eigenvalue weighted by atomic mass is 9.93. The lowest BCUT2D eigenvalue weighted by Gasteiger charge is -2.36. The molecule has 1 aliphatic rings. The number of sulfonamides is 1. The maximum atomic E-state index is 12.7. The van der Waals surface area contributed by atoms with Crippen molar-refractivity contribution in [3.8, 4) is 0 Å². The van der Waals surface area contributed by atoms with Crippen LogP contribution in [-0.4, -0.2) is 31.2 Å². The molecular formula is C14H20ClNO2S. The molecule has 0 aliphatic heterocycles. The van der Waals surface area contributed by atoms with Gasteiger partial charge in [0, 0.05) is 18.5 Å². The number of nitrogens with zero attached hydrogens (tertiary/aromatic N) is 1. The largest absolute Gasteiger partial charge is 0.243 e. The lowest BCUT2D eigenvalue weighted by Crippen LogP contribution is -2.44. The third-order valence-corrected chi connectivity index (χ3v) is 5.85. The Morgan fingerprint density at radius 1 is 1.26 bits per heavy atom. The van der Waals surface area contributed by atoms with E-state index in [1.54, 1.807) is 16.4 Å². The molecule has 5 heteroatoms. The average molecular weight is 302 g/mol. The molecule has 1 aliphatic carbocycles. The molecule has 0 radical (unpaired) electrons. The summed E-state index contributed by atoms with van der Waals surface area (Å²) in [5, 5.41) is 0. The number of hydrogen-bond acceptors (Lipinski definition) is 2. The van der Waals surface area contributed by atoms with Crippen molar-refractivity contribution in [1.29, 1.82) is 0 Å². The standard InChI is InChI=1S/C14H20ClNO2S/c1-12-6-8-14(9-7-12)19(17,18)16(11-3-10-15)13-4-2-5-13/h6-9,13H,2-5,10-11H2,1H3. The van der Waals surface area contributed by atoms with Gasteiger partial charge in [-0.1, -0.05) is 24.1 Å². The summed E-state index contributed by atoms with van der Waals surface area (Å²) in [6, 6.07) is 7.23. The van der Waals surface area contributed by atoms with E-state index in [0.717, 1.165) is 24.8 Å². The van der Waals surface area contributed by atoms with Crippen LogP contribution in [0.2, 0.25) is 0 Å². The number of benzene rings is 1. The van der Waals surface area contributed by atoms with Crippen molar-refractivity contribution in [2.24, 2.45) is 0 Å². The fourth-order valence-corrected chi connectivity index (χ4v) is 4.08. The Morgan fingerprint density at radius 3 is 2.37 bits per heavy atom. The molecule has 1 saturated carbocycles. The molecule has 3 nitrogen and oxygen atoms in total. The molecule has 0 atom stereocenters. The number of aryl methyl sites for hydroxylation is 1. The summed E-state index contributed by atoms with van der Waals surface area (Å²) >= 11 is 5.71. The molecule has 1 fully saturated rings. The van der Waals surface area contributed by atoms with E-state index in [1.165, 1.54) is 0 Å². The highest BCUT2D eigenvalue weighted by Crippen LogP contribution is 2.30. The van der Waals surface area contributed by atoms with Crippen LogP contribution < -0.4 is 0 Å². The van der Waals surface area contributed by atoms with Gasteiger partial charge in [0.1, 0.15) is 0 Å². The monoisotopic (exact) mass is 301 g/mol. The number of halogens is 1. The van der Waals surface area contributed by atoms with Crippen molar-refractivity contribution in [3.05, 3.63) is 29.8 Å². The van der Waals surface area contributed by atoms with Crippen molar-refractivity contribution < 1.29 is 8.42 Å². The molecule has 0 amide bonds. The average Bonchev–Trinajstić information content (AvgIpc) is 2.32. The second kappa shape index (κ2) is 6.25. The molecule has 106 valence electrons. The summed E-state index contributed by atoms with van der Waals surface area (Å²) in [7, 11) is -3.38. The Morgan fingerprint density at radius 2 is 1.89 bits per heavy atom. The van der Waals surface area contributed by atoms with Gasteiger partial charge in [-0.15, -0.1) is 11.6 Å². The first-order chi connectivity index (χ1) is 9.05. The summed E-state index contributed by atoms with van der Waals surface area (Å²) < 4.78 is 27.0. The Hall–Kier alpha value is -0.580. The zero-order chi connectivity index (χ0) is 13.9. The first-order valence-electron chi connectivity index (χ1n) is 6.70. The normalized spacial score (nSPS) is 16.6. The molecule has 0 saturated heterocycles. The molecule has 1 aromatic rings. The second-order valence-electron chi connectivity index (χ2n) is 5.06. The molecular weight excluding hydrogens is 282 g/mol. The minimum atomic E-state index is -3.38. The van der Waals surface area contributed by atoms with Crippen LogP contribution in [0.15, 0.2) is 29.2 Å². The summed E-state index contributed by atoms with van der Waals surface area (Å²) in [5.74, 6) is 0.493.